The molecular weight excluding hydrogens is 170 g/mol. The van der Waals surface area contributed by atoms with E-state index in [2.05, 4.69) is 26.1 Å². The van der Waals surface area contributed by atoms with Gasteiger partial charge in [-0.15, -0.1) is 0 Å². The average molecular weight is 197 g/mol. The lowest BCUT2D eigenvalue weighted by Gasteiger charge is -2.22. The highest BCUT2D eigenvalue weighted by atomic mass is 14.9. The minimum absolute atomic E-state index is 0.747. The molecule has 1 aliphatic rings. The van der Waals surface area contributed by atoms with Crippen molar-refractivity contribution in [3.63, 3.8) is 0 Å². The molecule has 14 heavy (non-hydrogen) atoms. The summed E-state index contributed by atoms with van der Waals surface area (Å²) in [7, 11) is 0. The fraction of sp³-hybridized carbons (Fsp3) is 1.00. The molecule has 1 nitrogen and oxygen atoms in total. The second-order valence-corrected chi connectivity index (χ2v) is 5.14. The van der Waals surface area contributed by atoms with Crippen molar-refractivity contribution in [3.05, 3.63) is 0 Å². The fourth-order valence-corrected chi connectivity index (χ4v) is 2.61. The van der Waals surface area contributed by atoms with Crippen LogP contribution in [0, 0.1) is 11.8 Å². The molecule has 0 aromatic rings. The Hall–Kier alpha value is -0.0400. The number of rotatable bonds is 6. The Kier molecular flexibility index (Phi) is 5.54. The molecule has 1 unspecified atom stereocenters. The summed E-state index contributed by atoms with van der Waals surface area (Å²) >= 11 is 0. The zero-order chi connectivity index (χ0) is 10.4. The van der Waals surface area contributed by atoms with Gasteiger partial charge in [0.25, 0.3) is 0 Å². The van der Waals surface area contributed by atoms with Crippen molar-refractivity contribution in [1.82, 2.24) is 5.32 Å². The first-order valence-corrected chi connectivity index (χ1v) is 6.47. The highest BCUT2D eigenvalue weighted by Crippen LogP contribution is 2.27. The van der Waals surface area contributed by atoms with Crippen molar-refractivity contribution < 1.29 is 0 Å². The second kappa shape index (κ2) is 6.44. The van der Waals surface area contributed by atoms with E-state index >= 15 is 0 Å². The van der Waals surface area contributed by atoms with Crippen LogP contribution in [0.15, 0.2) is 0 Å². The van der Waals surface area contributed by atoms with Crippen LogP contribution in [-0.2, 0) is 0 Å². The van der Waals surface area contributed by atoms with Crippen LogP contribution in [0.2, 0.25) is 0 Å². The van der Waals surface area contributed by atoms with E-state index < -0.39 is 0 Å². The van der Waals surface area contributed by atoms with E-state index in [0.29, 0.717) is 0 Å². The second-order valence-electron chi connectivity index (χ2n) is 5.14. The van der Waals surface area contributed by atoms with Crippen molar-refractivity contribution in [1.29, 1.82) is 0 Å². The van der Waals surface area contributed by atoms with Gasteiger partial charge in [0, 0.05) is 6.04 Å². The topological polar surface area (TPSA) is 12.0 Å². The molecule has 0 aromatic carbocycles. The van der Waals surface area contributed by atoms with Crippen molar-refractivity contribution in [2.24, 2.45) is 11.8 Å². The van der Waals surface area contributed by atoms with E-state index in [1.807, 2.05) is 0 Å². The molecule has 0 radical (unpaired) electrons. The van der Waals surface area contributed by atoms with Crippen LogP contribution in [-0.4, -0.2) is 12.6 Å². The molecule has 2 atom stereocenters. The van der Waals surface area contributed by atoms with Gasteiger partial charge < -0.3 is 5.32 Å². The lowest BCUT2D eigenvalue weighted by Crippen LogP contribution is -2.35. The van der Waals surface area contributed by atoms with E-state index in [1.165, 1.54) is 45.1 Å². The number of nitrogens with one attached hydrogen (secondary N) is 1. The highest BCUT2D eigenvalue weighted by molar-refractivity contribution is 4.77. The normalized spacial score (nSPS) is 22.5. The van der Waals surface area contributed by atoms with Gasteiger partial charge in [-0.3, -0.25) is 0 Å². The smallest absolute Gasteiger partial charge is 0.00671 e. The maximum Gasteiger partial charge on any atom is 0.00671 e. The number of hydrogen-bond acceptors (Lipinski definition) is 1. The first-order valence-electron chi connectivity index (χ1n) is 6.47. The predicted octanol–water partition coefficient (Wildman–Crippen LogP) is 3.59. The van der Waals surface area contributed by atoms with Crippen LogP contribution < -0.4 is 5.32 Å². The van der Waals surface area contributed by atoms with Crippen LogP contribution in [0.5, 0.6) is 0 Å². The summed E-state index contributed by atoms with van der Waals surface area (Å²) in [5.41, 5.74) is 0. The third-order valence-corrected chi connectivity index (χ3v) is 3.68. The van der Waals surface area contributed by atoms with Gasteiger partial charge >= 0.3 is 0 Å². The SMILES string of the molecule is CCCC(C)CN[C@@H](C)C1CCCC1. The molecule has 1 saturated carbocycles. The summed E-state index contributed by atoms with van der Waals surface area (Å²) < 4.78 is 0. The van der Waals surface area contributed by atoms with Crippen molar-refractivity contribution in [2.45, 2.75) is 65.3 Å². The lowest BCUT2D eigenvalue weighted by atomic mass is 9.98. The van der Waals surface area contributed by atoms with E-state index in [9.17, 15) is 0 Å². The molecule has 1 fully saturated rings. The molecule has 0 amide bonds. The molecule has 1 rings (SSSR count). The van der Waals surface area contributed by atoms with E-state index in [4.69, 9.17) is 0 Å². The maximum absolute atomic E-state index is 3.71. The molecule has 0 heterocycles. The summed E-state index contributed by atoms with van der Waals surface area (Å²) in [6, 6.07) is 0.747. The molecule has 0 aliphatic heterocycles. The minimum Gasteiger partial charge on any atom is -0.314 e. The van der Waals surface area contributed by atoms with E-state index in [0.717, 1.165) is 17.9 Å². The maximum atomic E-state index is 3.71. The fourth-order valence-electron chi connectivity index (χ4n) is 2.61. The Morgan fingerprint density at radius 1 is 1.21 bits per heavy atom. The average Bonchev–Trinajstić information content (AvgIpc) is 2.67. The third kappa shape index (κ3) is 4.00. The molecular formula is C13H27N. The van der Waals surface area contributed by atoms with Gasteiger partial charge in [-0.2, -0.15) is 0 Å². The van der Waals surface area contributed by atoms with Crippen LogP contribution >= 0.6 is 0 Å². The number of hydrogen-bond donors (Lipinski definition) is 1. The van der Waals surface area contributed by atoms with Crippen LogP contribution in [0.3, 0.4) is 0 Å². The molecule has 1 aliphatic carbocycles. The quantitative estimate of drug-likeness (QED) is 0.686. The third-order valence-electron chi connectivity index (χ3n) is 3.68. The molecule has 84 valence electrons. The highest BCUT2D eigenvalue weighted by Gasteiger charge is 2.21. The van der Waals surface area contributed by atoms with Crippen molar-refractivity contribution in [3.8, 4) is 0 Å². The van der Waals surface area contributed by atoms with Gasteiger partial charge in [0.15, 0.2) is 0 Å². The summed E-state index contributed by atoms with van der Waals surface area (Å²) in [4.78, 5) is 0. The molecule has 0 aromatic heterocycles. The Morgan fingerprint density at radius 2 is 1.86 bits per heavy atom. The van der Waals surface area contributed by atoms with E-state index in [-0.39, 0.29) is 0 Å². The predicted molar refractivity (Wildman–Crippen MR) is 63.5 cm³/mol. The Bertz CT molecular complexity index is 138. The largest absolute Gasteiger partial charge is 0.314 e. The lowest BCUT2D eigenvalue weighted by molar-refractivity contribution is 0.351. The van der Waals surface area contributed by atoms with Gasteiger partial charge in [0.1, 0.15) is 0 Å². The van der Waals surface area contributed by atoms with Crippen molar-refractivity contribution >= 4 is 0 Å². The molecule has 0 saturated heterocycles. The Balaban J connectivity index is 2.10. The van der Waals surface area contributed by atoms with Gasteiger partial charge in [-0.05, 0) is 44.6 Å². The summed E-state index contributed by atoms with van der Waals surface area (Å²) in [6.45, 7) is 8.22. The van der Waals surface area contributed by atoms with Gasteiger partial charge in [0.05, 0.1) is 0 Å². The first-order chi connectivity index (χ1) is 6.74. The Morgan fingerprint density at radius 3 is 2.43 bits per heavy atom. The molecule has 0 spiro atoms. The standard InChI is InChI=1S/C13H27N/c1-4-7-11(2)10-14-12(3)13-8-5-6-9-13/h11-14H,4-10H2,1-3H3/t11?,12-/m0/s1. The first kappa shape index (κ1) is 12.0. The Labute approximate surface area is 89.7 Å². The van der Waals surface area contributed by atoms with Crippen molar-refractivity contribution in [2.75, 3.05) is 6.54 Å². The molecule has 1 N–H and O–H groups in total. The van der Waals surface area contributed by atoms with Crippen LogP contribution in [0.1, 0.15) is 59.3 Å². The van der Waals surface area contributed by atoms with Crippen LogP contribution in [0.4, 0.5) is 0 Å². The van der Waals surface area contributed by atoms with Gasteiger partial charge in [-0.25, -0.2) is 0 Å². The zero-order valence-corrected chi connectivity index (χ0v) is 10.2. The summed E-state index contributed by atoms with van der Waals surface area (Å²) in [5, 5.41) is 3.71. The minimum atomic E-state index is 0.747. The zero-order valence-electron chi connectivity index (χ0n) is 10.2. The summed E-state index contributed by atoms with van der Waals surface area (Å²) in [5.74, 6) is 1.81. The van der Waals surface area contributed by atoms with Gasteiger partial charge in [0.2, 0.25) is 0 Å². The monoisotopic (exact) mass is 197 g/mol. The van der Waals surface area contributed by atoms with E-state index in [1.54, 1.807) is 0 Å². The van der Waals surface area contributed by atoms with Gasteiger partial charge in [-0.1, -0.05) is 33.1 Å². The molecule has 1 heteroatoms. The summed E-state index contributed by atoms with van der Waals surface area (Å²) in [6.07, 6.45) is 8.51. The molecule has 0 bridgehead atoms. The van der Waals surface area contributed by atoms with Crippen LogP contribution in [0.25, 0.3) is 0 Å².